The molecule has 4 heteroatoms. The molecule has 0 spiro atoms. The molecule has 2 heterocycles. The minimum Gasteiger partial charge on any atom is -0.309 e. The Morgan fingerprint density at radius 2 is 0.593 bits per heavy atom. The molecule has 9 aromatic carbocycles. The van der Waals surface area contributed by atoms with Crippen molar-refractivity contribution in [2.75, 3.05) is 0 Å². The Bertz CT molecular complexity index is 2910. The van der Waals surface area contributed by atoms with Crippen LogP contribution in [0, 0.1) is 0 Å². The van der Waals surface area contributed by atoms with Gasteiger partial charge in [0.1, 0.15) is 0 Å². The van der Waals surface area contributed by atoms with Gasteiger partial charge in [-0.25, -0.2) is 0 Å². The summed E-state index contributed by atoms with van der Waals surface area (Å²) >= 11 is 0. The Hall–Kier alpha value is -6.04. The highest BCUT2D eigenvalue weighted by atomic mass is 31.2. The molecule has 54 heavy (non-hydrogen) atoms. The predicted octanol–water partition coefficient (Wildman–Crippen LogP) is 10.6. The monoisotopic (exact) mass is 726 g/mol. The molecule has 11 rings (SSSR count). The lowest BCUT2D eigenvalue weighted by Gasteiger charge is -2.22. The van der Waals surface area contributed by atoms with Gasteiger partial charge in [-0.15, -0.1) is 0 Å². The van der Waals surface area contributed by atoms with Crippen LogP contribution in [0.2, 0.25) is 0 Å². The molecule has 2 unspecified atom stereocenters. The van der Waals surface area contributed by atoms with Crippen molar-refractivity contribution in [1.29, 1.82) is 0 Å². The van der Waals surface area contributed by atoms with Gasteiger partial charge in [-0.1, -0.05) is 170 Å². The van der Waals surface area contributed by atoms with Crippen molar-refractivity contribution in [3.05, 3.63) is 194 Å². The van der Waals surface area contributed by atoms with Crippen LogP contribution in [0.1, 0.15) is 0 Å². The normalized spacial score (nSPS) is 17.9. The van der Waals surface area contributed by atoms with Crippen molar-refractivity contribution in [2.45, 2.75) is 0 Å². The Kier molecular flexibility index (Phi) is 6.84. The lowest BCUT2D eigenvalue weighted by Crippen LogP contribution is -2.21. The predicted molar refractivity (Wildman–Crippen MR) is 229 cm³/mol. The maximum absolute atomic E-state index is 15.9. The van der Waals surface area contributed by atoms with E-state index in [1.807, 2.05) is 103 Å². The molecule has 0 fully saturated rings. The van der Waals surface area contributed by atoms with Crippen molar-refractivity contribution in [2.24, 2.45) is 0 Å². The summed E-state index contributed by atoms with van der Waals surface area (Å²) in [5, 5.41) is 9.41. The van der Waals surface area contributed by atoms with Gasteiger partial charge in [0.2, 0.25) is 0 Å². The number of hydrogen-bond acceptors (Lipinski definition) is 2. The molecule has 0 bridgehead atoms. The summed E-state index contributed by atoms with van der Waals surface area (Å²) in [5.74, 6) is 0. The molecule has 254 valence electrons. The first kappa shape index (κ1) is 31.5. The van der Waals surface area contributed by atoms with E-state index in [4.69, 9.17) is 0 Å². The highest BCUT2D eigenvalue weighted by Gasteiger charge is 2.43. The van der Waals surface area contributed by atoms with Gasteiger partial charge in [-0.3, -0.25) is 0 Å². The van der Waals surface area contributed by atoms with E-state index in [1.165, 1.54) is 0 Å². The Labute approximate surface area is 314 Å². The maximum atomic E-state index is 15.9. The van der Waals surface area contributed by atoms with E-state index >= 15 is 9.13 Å². The zero-order valence-electron chi connectivity index (χ0n) is 29.2. The quantitative estimate of drug-likeness (QED) is 0.134. The smallest absolute Gasteiger partial charge is 0.172 e. The van der Waals surface area contributed by atoms with Crippen LogP contribution in [-0.4, -0.2) is 0 Å². The fourth-order valence-electron chi connectivity index (χ4n) is 9.12. The highest BCUT2D eigenvalue weighted by molar-refractivity contribution is 7.87. The van der Waals surface area contributed by atoms with E-state index in [2.05, 4.69) is 91.0 Å². The number of fused-ring (bicyclic) bond motifs is 8. The summed E-state index contributed by atoms with van der Waals surface area (Å²) in [6.45, 7) is 0. The molecule has 2 atom stereocenters. The molecule has 2 aliphatic heterocycles. The summed E-state index contributed by atoms with van der Waals surface area (Å²) in [6, 6.07) is 66.5. The molecule has 2 aliphatic rings. The summed E-state index contributed by atoms with van der Waals surface area (Å²) in [7, 11) is -6.45. The first-order valence-corrected chi connectivity index (χ1v) is 21.7. The minimum atomic E-state index is -3.22. The van der Waals surface area contributed by atoms with Crippen LogP contribution in [0.5, 0.6) is 0 Å². The molecule has 0 radical (unpaired) electrons. The molecule has 0 aromatic heterocycles. The van der Waals surface area contributed by atoms with Gasteiger partial charge in [-0.05, 0) is 90.3 Å². The molecule has 0 aliphatic carbocycles. The molecular formula is C50H32O2P2. The number of rotatable bonds is 4. The molecule has 0 N–H and O–H groups in total. The summed E-state index contributed by atoms with van der Waals surface area (Å²) in [4.78, 5) is 0. The molecular weight excluding hydrogens is 694 g/mol. The maximum Gasteiger partial charge on any atom is 0.172 e. The zero-order chi connectivity index (χ0) is 36.0. The fraction of sp³-hybridized carbons (Fsp3) is 0. The third-order valence-corrected chi connectivity index (χ3v) is 17.7. The van der Waals surface area contributed by atoms with Crippen LogP contribution >= 0.6 is 14.3 Å². The van der Waals surface area contributed by atoms with E-state index in [0.717, 1.165) is 97.9 Å². The Morgan fingerprint density at radius 3 is 0.981 bits per heavy atom. The molecule has 2 nitrogen and oxygen atoms in total. The van der Waals surface area contributed by atoms with Gasteiger partial charge < -0.3 is 9.13 Å². The average molecular weight is 727 g/mol. The second kappa shape index (κ2) is 11.7. The van der Waals surface area contributed by atoms with E-state index in [-0.39, 0.29) is 0 Å². The van der Waals surface area contributed by atoms with Gasteiger partial charge in [0.05, 0.1) is 0 Å². The zero-order valence-corrected chi connectivity index (χ0v) is 31.0. The van der Waals surface area contributed by atoms with Gasteiger partial charge in [0.15, 0.2) is 14.3 Å². The van der Waals surface area contributed by atoms with Crippen LogP contribution < -0.4 is 31.8 Å². The molecule has 0 amide bonds. The van der Waals surface area contributed by atoms with Crippen LogP contribution in [0.25, 0.3) is 66.1 Å². The van der Waals surface area contributed by atoms with E-state index in [0.29, 0.717) is 0 Å². The van der Waals surface area contributed by atoms with Gasteiger partial charge >= 0.3 is 0 Å². The third kappa shape index (κ3) is 4.24. The van der Waals surface area contributed by atoms with Crippen LogP contribution in [0.3, 0.4) is 0 Å². The highest BCUT2D eigenvalue weighted by Crippen LogP contribution is 2.57. The lowest BCUT2D eigenvalue weighted by molar-refractivity contribution is 0.592. The van der Waals surface area contributed by atoms with Crippen LogP contribution in [-0.2, 0) is 9.13 Å². The van der Waals surface area contributed by atoms with Gasteiger partial charge in [0, 0.05) is 31.8 Å². The third-order valence-electron chi connectivity index (χ3n) is 11.5. The molecule has 9 aromatic rings. The van der Waals surface area contributed by atoms with Crippen LogP contribution in [0.15, 0.2) is 194 Å². The minimum absolute atomic E-state index is 0.834. The topological polar surface area (TPSA) is 34.1 Å². The fourth-order valence-corrected chi connectivity index (χ4v) is 15.3. The number of hydrogen-bond donors (Lipinski definition) is 0. The summed E-state index contributed by atoms with van der Waals surface area (Å²) < 4.78 is 31.7. The van der Waals surface area contributed by atoms with Crippen molar-refractivity contribution in [1.82, 2.24) is 0 Å². The Morgan fingerprint density at radius 1 is 0.278 bits per heavy atom. The second-order valence-electron chi connectivity index (χ2n) is 14.2. The standard InChI is InChI=1S/C50H32O2P2/c51-53(35-21-9-3-10-22-35)45-27-15-13-25-37(45)39-29-41-43(31-47(39)53)50(34-19-7-2-8-20-34)44-32-48-40(30-42(44)49(41)33-17-5-1-6-18-33)38-26-14-16-28-46(38)54(48,52)36-23-11-4-12-24-36/h1-32H. The largest absolute Gasteiger partial charge is 0.309 e. The Balaban J connectivity index is 1.35. The van der Waals surface area contributed by atoms with Crippen molar-refractivity contribution in [3.63, 3.8) is 0 Å². The van der Waals surface area contributed by atoms with E-state index in [9.17, 15) is 0 Å². The SMILES string of the molecule is O=P1(c2ccccc2)c2ccccc2-c2cc3c(-c4ccccc4)c4cc5c(cc4c(-c4ccccc4)c3cc21)P(=O)(c1ccccc1)c1ccccc1-5. The lowest BCUT2D eigenvalue weighted by atomic mass is 9.84. The van der Waals surface area contributed by atoms with Gasteiger partial charge in [-0.2, -0.15) is 0 Å². The second-order valence-corrected chi connectivity index (χ2v) is 19.6. The summed E-state index contributed by atoms with van der Waals surface area (Å²) in [6.07, 6.45) is 0. The first-order chi connectivity index (χ1) is 26.6. The summed E-state index contributed by atoms with van der Waals surface area (Å²) in [5.41, 5.74) is 8.40. The first-order valence-electron chi connectivity index (χ1n) is 18.3. The van der Waals surface area contributed by atoms with Crippen molar-refractivity contribution >= 4 is 67.7 Å². The molecule has 0 saturated carbocycles. The average Bonchev–Trinajstić information content (AvgIpc) is 3.65. The van der Waals surface area contributed by atoms with E-state index in [1.54, 1.807) is 0 Å². The number of benzene rings is 9. The molecule has 0 saturated heterocycles. The van der Waals surface area contributed by atoms with Crippen molar-refractivity contribution < 1.29 is 9.13 Å². The van der Waals surface area contributed by atoms with Gasteiger partial charge in [0.25, 0.3) is 0 Å². The van der Waals surface area contributed by atoms with Crippen LogP contribution in [0.4, 0.5) is 0 Å². The van der Waals surface area contributed by atoms with Crippen molar-refractivity contribution in [3.8, 4) is 44.5 Å². The van der Waals surface area contributed by atoms with E-state index < -0.39 is 14.3 Å².